The van der Waals surface area contributed by atoms with E-state index < -0.39 is 0 Å². The zero-order valence-electron chi connectivity index (χ0n) is 13.7. The summed E-state index contributed by atoms with van der Waals surface area (Å²) in [5.74, 6) is 0.615. The highest BCUT2D eigenvalue weighted by Gasteiger charge is 2.25. The lowest BCUT2D eigenvalue weighted by molar-refractivity contribution is -0.125. The molecule has 1 atom stereocenters. The summed E-state index contributed by atoms with van der Waals surface area (Å²) in [6, 6.07) is 3.71. The van der Waals surface area contributed by atoms with Crippen LogP contribution in [0, 0.1) is 5.92 Å². The van der Waals surface area contributed by atoms with Gasteiger partial charge in [-0.15, -0.1) is 0 Å². The van der Waals surface area contributed by atoms with Gasteiger partial charge in [-0.1, -0.05) is 0 Å². The minimum atomic E-state index is -0.00258. The lowest BCUT2D eigenvalue weighted by Crippen LogP contribution is -2.33. The summed E-state index contributed by atoms with van der Waals surface area (Å²) in [4.78, 5) is 23.9. The van der Waals surface area contributed by atoms with E-state index in [2.05, 4.69) is 20.3 Å². The van der Waals surface area contributed by atoms with Crippen molar-refractivity contribution in [2.75, 3.05) is 20.3 Å². The lowest BCUT2D eigenvalue weighted by Gasteiger charge is -2.20. The largest absolute Gasteiger partial charge is 0.475 e. The van der Waals surface area contributed by atoms with Crippen molar-refractivity contribution in [2.45, 2.75) is 25.8 Å². The minimum Gasteiger partial charge on any atom is -0.475 e. The standard InChI is InChI=1S/C17H22N4O3/c1-23-6-7-24-16-8-12(4-5-18-16)10-19-17(22)13-2-3-14-15(9-13)21-11-20-14/h4-5,8,11,13H,2-3,6-7,9-10H2,1H3,(H,19,22)(H,20,21)/t13-/m1/s1. The van der Waals surface area contributed by atoms with E-state index >= 15 is 0 Å². The van der Waals surface area contributed by atoms with Crippen molar-refractivity contribution in [3.05, 3.63) is 41.6 Å². The molecule has 0 radical (unpaired) electrons. The molecular weight excluding hydrogens is 308 g/mol. The van der Waals surface area contributed by atoms with Crippen LogP contribution < -0.4 is 10.1 Å². The third-order valence-corrected chi connectivity index (χ3v) is 4.16. The molecule has 2 aromatic rings. The van der Waals surface area contributed by atoms with Crippen LogP contribution in [0.4, 0.5) is 0 Å². The van der Waals surface area contributed by atoms with E-state index in [1.165, 1.54) is 0 Å². The average molecular weight is 330 g/mol. The highest BCUT2D eigenvalue weighted by Crippen LogP contribution is 2.23. The number of carbonyl (C=O) groups is 1. The Balaban J connectivity index is 1.50. The number of nitrogens with zero attached hydrogens (tertiary/aromatic N) is 2. The number of imidazole rings is 1. The Labute approximate surface area is 140 Å². The molecule has 24 heavy (non-hydrogen) atoms. The number of amides is 1. The zero-order chi connectivity index (χ0) is 16.8. The van der Waals surface area contributed by atoms with Gasteiger partial charge in [0.15, 0.2) is 0 Å². The molecule has 0 unspecified atom stereocenters. The molecule has 0 saturated carbocycles. The Hall–Kier alpha value is -2.41. The van der Waals surface area contributed by atoms with Gasteiger partial charge in [-0.2, -0.15) is 0 Å². The van der Waals surface area contributed by atoms with Crippen molar-refractivity contribution in [3.63, 3.8) is 0 Å². The Morgan fingerprint density at radius 1 is 1.42 bits per heavy atom. The number of H-pyrrole nitrogens is 1. The van der Waals surface area contributed by atoms with Gasteiger partial charge in [-0.3, -0.25) is 4.79 Å². The minimum absolute atomic E-state index is 0.00258. The number of nitrogens with one attached hydrogen (secondary N) is 2. The van der Waals surface area contributed by atoms with Crippen LogP contribution in [0.25, 0.3) is 0 Å². The van der Waals surface area contributed by atoms with E-state index in [-0.39, 0.29) is 11.8 Å². The maximum atomic E-state index is 12.4. The van der Waals surface area contributed by atoms with Gasteiger partial charge < -0.3 is 19.8 Å². The second-order valence-electron chi connectivity index (χ2n) is 5.83. The number of rotatable bonds is 7. The van der Waals surface area contributed by atoms with E-state index in [1.54, 1.807) is 19.6 Å². The Morgan fingerprint density at radius 2 is 2.33 bits per heavy atom. The molecule has 2 N–H and O–H groups in total. The van der Waals surface area contributed by atoms with Gasteiger partial charge in [-0.25, -0.2) is 9.97 Å². The molecule has 1 aliphatic rings. The van der Waals surface area contributed by atoms with Crippen LogP contribution >= 0.6 is 0 Å². The first-order chi connectivity index (χ1) is 11.8. The maximum absolute atomic E-state index is 12.4. The van der Waals surface area contributed by atoms with Crippen molar-refractivity contribution >= 4 is 5.91 Å². The van der Waals surface area contributed by atoms with Crippen LogP contribution in [0.3, 0.4) is 0 Å². The van der Waals surface area contributed by atoms with Crippen molar-refractivity contribution in [1.82, 2.24) is 20.3 Å². The topological polar surface area (TPSA) is 89.1 Å². The van der Waals surface area contributed by atoms with Gasteiger partial charge in [0.25, 0.3) is 0 Å². The van der Waals surface area contributed by atoms with Gasteiger partial charge in [-0.05, 0) is 24.5 Å². The molecule has 7 heteroatoms. The number of carbonyl (C=O) groups excluding carboxylic acids is 1. The first-order valence-electron chi connectivity index (χ1n) is 8.11. The smallest absolute Gasteiger partial charge is 0.223 e. The van der Waals surface area contributed by atoms with E-state index in [0.29, 0.717) is 25.6 Å². The molecule has 2 aromatic heterocycles. The number of aryl methyl sites for hydroxylation is 1. The molecule has 3 rings (SSSR count). The van der Waals surface area contributed by atoms with Crippen LogP contribution in [0.15, 0.2) is 24.7 Å². The summed E-state index contributed by atoms with van der Waals surface area (Å²) in [7, 11) is 1.63. The molecule has 0 bridgehead atoms. The van der Waals surface area contributed by atoms with E-state index in [0.717, 1.165) is 36.2 Å². The highest BCUT2D eigenvalue weighted by molar-refractivity contribution is 5.79. The number of hydrogen-bond donors (Lipinski definition) is 2. The molecule has 0 aliphatic heterocycles. The highest BCUT2D eigenvalue weighted by atomic mass is 16.5. The van der Waals surface area contributed by atoms with Crippen molar-refractivity contribution in [3.8, 4) is 5.88 Å². The first-order valence-corrected chi connectivity index (χ1v) is 8.11. The summed E-state index contributed by atoms with van der Waals surface area (Å²) in [5.41, 5.74) is 3.13. The fourth-order valence-electron chi connectivity index (χ4n) is 2.83. The fourth-order valence-corrected chi connectivity index (χ4v) is 2.83. The van der Waals surface area contributed by atoms with Gasteiger partial charge in [0, 0.05) is 44.0 Å². The van der Waals surface area contributed by atoms with Crippen LogP contribution in [0.2, 0.25) is 0 Å². The quantitative estimate of drug-likeness (QED) is 0.746. The van der Waals surface area contributed by atoms with E-state index in [1.807, 2.05) is 12.1 Å². The third-order valence-electron chi connectivity index (χ3n) is 4.16. The molecule has 1 aliphatic carbocycles. The number of aromatic nitrogens is 3. The number of methoxy groups -OCH3 is 1. The SMILES string of the molecule is COCCOc1cc(CNC(=O)[C@@H]2CCc3nc[nH]c3C2)ccn1. The number of fused-ring (bicyclic) bond motifs is 1. The molecule has 0 fully saturated rings. The molecule has 0 saturated heterocycles. The Morgan fingerprint density at radius 3 is 3.21 bits per heavy atom. The Bertz CT molecular complexity index is 686. The number of hydrogen-bond acceptors (Lipinski definition) is 5. The van der Waals surface area contributed by atoms with E-state index in [4.69, 9.17) is 9.47 Å². The summed E-state index contributed by atoms with van der Waals surface area (Å²) in [6.07, 6.45) is 5.80. The maximum Gasteiger partial charge on any atom is 0.223 e. The molecule has 0 aromatic carbocycles. The lowest BCUT2D eigenvalue weighted by atomic mass is 9.89. The molecular formula is C17H22N4O3. The monoisotopic (exact) mass is 330 g/mol. The number of ether oxygens (including phenoxy) is 2. The van der Waals surface area contributed by atoms with Gasteiger partial charge in [0.2, 0.25) is 11.8 Å². The molecule has 128 valence electrons. The molecule has 7 nitrogen and oxygen atoms in total. The number of aromatic amines is 1. The first kappa shape index (κ1) is 16.4. The predicted octanol–water partition coefficient (Wildman–Crippen LogP) is 1.25. The molecule has 0 spiro atoms. The van der Waals surface area contributed by atoms with Crippen molar-refractivity contribution in [1.29, 1.82) is 0 Å². The normalized spacial score (nSPS) is 16.5. The Kier molecular flexibility index (Phi) is 5.43. The van der Waals surface area contributed by atoms with Crippen LogP contribution in [-0.4, -0.2) is 41.2 Å². The predicted molar refractivity (Wildman–Crippen MR) is 87.6 cm³/mol. The third kappa shape index (κ3) is 4.11. The van der Waals surface area contributed by atoms with Gasteiger partial charge in [0.1, 0.15) is 6.61 Å². The van der Waals surface area contributed by atoms with Gasteiger partial charge >= 0.3 is 0 Å². The summed E-state index contributed by atoms with van der Waals surface area (Å²) in [6.45, 7) is 1.43. The summed E-state index contributed by atoms with van der Waals surface area (Å²) >= 11 is 0. The van der Waals surface area contributed by atoms with Gasteiger partial charge in [0.05, 0.1) is 18.6 Å². The van der Waals surface area contributed by atoms with Crippen molar-refractivity contribution in [2.24, 2.45) is 5.92 Å². The second-order valence-corrected chi connectivity index (χ2v) is 5.83. The summed E-state index contributed by atoms with van der Waals surface area (Å²) < 4.78 is 10.4. The second kappa shape index (κ2) is 7.92. The zero-order valence-corrected chi connectivity index (χ0v) is 13.7. The van der Waals surface area contributed by atoms with Crippen LogP contribution in [-0.2, 0) is 28.9 Å². The van der Waals surface area contributed by atoms with Crippen LogP contribution in [0.1, 0.15) is 23.4 Å². The van der Waals surface area contributed by atoms with Crippen LogP contribution in [0.5, 0.6) is 5.88 Å². The van der Waals surface area contributed by atoms with E-state index in [9.17, 15) is 4.79 Å². The number of pyridine rings is 1. The molecule has 1 amide bonds. The van der Waals surface area contributed by atoms with Crippen molar-refractivity contribution < 1.29 is 14.3 Å². The summed E-state index contributed by atoms with van der Waals surface area (Å²) in [5, 5.41) is 3.00. The average Bonchev–Trinajstić information content (AvgIpc) is 3.08. The molecule has 2 heterocycles. The fraction of sp³-hybridized carbons (Fsp3) is 0.471.